The van der Waals surface area contributed by atoms with Crippen molar-refractivity contribution in [3.63, 3.8) is 0 Å². The van der Waals surface area contributed by atoms with Gasteiger partial charge in [0.1, 0.15) is 5.69 Å². The van der Waals surface area contributed by atoms with Crippen LogP contribution in [0.15, 0.2) is 32.5 Å². The number of alkyl halides is 3. The van der Waals surface area contributed by atoms with Gasteiger partial charge in [0.2, 0.25) is 22.2 Å². The Morgan fingerprint density at radius 3 is 2.58 bits per heavy atom. The van der Waals surface area contributed by atoms with E-state index in [1.54, 1.807) is 6.92 Å². The fraction of sp³-hybridized carbons (Fsp3) is 0.308. The van der Waals surface area contributed by atoms with E-state index < -0.39 is 22.0 Å². The molecule has 3 heterocycles. The SMILES string of the molecule is Cc1sc(-c2cc(C(F)(F)F)on2)cc1S(=O)(=O)N(C)Cc1ncon1. The van der Waals surface area contributed by atoms with Gasteiger partial charge in [-0.2, -0.15) is 22.5 Å². The second-order valence-electron chi connectivity index (χ2n) is 5.21. The predicted octanol–water partition coefficient (Wildman–Crippen LogP) is 2.93. The summed E-state index contributed by atoms with van der Waals surface area (Å²) in [5.74, 6) is -1.08. The van der Waals surface area contributed by atoms with E-state index in [4.69, 9.17) is 0 Å². The van der Waals surface area contributed by atoms with Gasteiger partial charge in [0.25, 0.3) is 0 Å². The van der Waals surface area contributed by atoms with Crippen molar-refractivity contribution in [1.82, 2.24) is 19.6 Å². The molecule has 0 N–H and O–H groups in total. The Morgan fingerprint density at radius 2 is 2.00 bits per heavy atom. The summed E-state index contributed by atoms with van der Waals surface area (Å²) in [6.45, 7) is 1.43. The highest BCUT2D eigenvalue weighted by Gasteiger charge is 2.36. The summed E-state index contributed by atoms with van der Waals surface area (Å²) in [6, 6.07) is 1.99. The van der Waals surface area contributed by atoms with Gasteiger partial charge >= 0.3 is 6.18 Å². The number of aryl methyl sites for hydroxylation is 1. The van der Waals surface area contributed by atoms with Crippen LogP contribution in [-0.4, -0.2) is 35.1 Å². The van der Waals surface area contributed by atoms with Gasteiger partial charge in [0, 0.05) is 18.0 Å². The van der Waals surface area contributed by atoms with Crippen LogP contribution in [0.2, 0.25) is 0 Å². The van der Waals surface area contributed by atoms with E-state index in [1.165, 1.54) is 13.1 Å². The molecule has 0 atom stereocenters. The molecular formula is C13H11F3N4O4S2. The highest BCUT2D eigenvalue weighted by Crippen LogP contribution is 2.37. The number of halogens is 3. The van der Waals surface area contributed by atoms with Gasteiger partial charge in [-0.1, -0.05) is 10.3 Å². The van der Waals surface area contributed by atoms with Crippen LogP contribution in [-0.2, 0) is 22.7 Å². The molecule has 0 amide bonds. The summed E-state index contributed by atoms with van der Waals surface area (Å²) in [4.78, 5) is 4.36. The van der Waals surface area contributed by atoms with Crippen molar-refractivity contribution >= 4 is 21.4 Å². The van der Waals surface area contributed by atoms with Gasteiger partial charge in [-0.3, -0.25) is 0 Å². The molecule has 0 radical (unpaired) electrons. The Bertz CT molecular complexity index is 1010. The van der Waals surface area contributed by atoms with Crippen LogP contribution in [0.5, 0.6) is 0 Å². The van der Waals surface area contributed by atoms with Gasteiger partial charge in [0.05, 0.1) is 16.3 Å². The molecule has 0 unspecified atom stereocenters. The Hall–Kier alpha value is -2.25. The van der Waals surface area contributed by atoms with E-state index in [2.05, 4.69) is 24.3 Å². The third-order valence-electron chi connectivity index (χ3n) is 3.37. The number of aromatic nitrogens is 3. The first-order valence-electron chi connectivity index (χ1n) is 6.95. The lowest BCUT2D eigenvalue weighted by Gasteiger charge is -2.14. The van der Waals surface area contributed by atoms with E-state index in [-0.39, 0.29) is 27.8 Å². The molecule has 3 aromatic rings. The molecule has 13 heteroatoms. The molecule has 0 spiro atoms. The monoisotopic (exact) mass is 408 g/mol. The molecule has 3 rings (SSSR count). The summed E-state index contributed by atoms with van der Waals surface area (Å²) < 4.78 is 73.1. The first-order valence-corrected chi connectivity index (χ1v) is 9.21. The van der Waals surface area contributed by atoms with Crippen molar-refractivity contribution < 1.29 is 30.6 Å². The molecule has 0 bridgehead atoms. The van der Waals surface area contributed by atoms with Crippen molar-refractivity contribution in [1.29, 1.82) is 0 Å². The number of sulfonamides is 1. The van der Waals surface area contributed by atoms with Crippen molar-refractivity contribution in [2.24, 2.45) is 0 Å². The molecule has 140 valence electrons. The molecule has 8 nitrogen and oxygen atoms in total. The number of nitrogens with zero attached hydrogens (tertiary/aromatic N) is 4. The Labute approximate surface area is 149 Å². The van der Waals surface area contributed by atoms with E-state index in [0.717, 1.165) is 28.1 Å². The maximum Gasteiger partial charge on any atom is 0.452 e. The maximum atomic E-state index is 12.7. The standard InChI is InChI=1S/C13H11F3N4O4S2/c1-7-10(26(21,22)20(2)5-12-17-6-23-19-12)4-9(25-7)8-3-11(24-18-8)13(14,15)16/h3-4,6H,5H2,1-2H3. The smallest absolute Gasteiger partial charge is 0.351 e. The number of rotatable bonds is 5. The second kappa shape index (κ2) is 6.48. The van der Waals surface area contributed by atoms with Crippen LogP contribution in [0.4, 0.5) is 13.2 Å². The molecule has 0 fully saturated rings. The van der Waals surface area contributed by atoms with Gasteiger partial charge in [-0.15, -0.1) is 11.3 Å². The van der Waals surface area contributed by atoms with Crippen LogP contribution < -0.4 is 0 Å². The topological polar surface area (TPSA) is 102 Å². The molecule has 0 saturated heterocycles. The molecule has 3 aromatic heterocycles. The van der Waals surface area contributed by atoms with Crippen LogP contribution in [0.1, 0.15) is 16.5 Å². The Kier molecular flexibility index (Phi) is 4.62. The summed E-state index contributed by atoms with van der Waals surface area (Å²) in [7, 11) is -2.58. The summed E-state index contributed by atoms with van der Waals surface area (Å²) in [5, 5.41) is 6.92. The van der Waals surface area contributed by atoms with E-state index in [1.807, 2.05) is 0 Å². The van der Waals surface area contributed by atoms with Crippen molar-refractivity contribution in [3.05, 3.63) is 35.0 Å². The zero-order chi connectivity index (χ0) is 19.1. The summed E-state index contributed by atoms with van der Waals surface area (Å²) >= 11 is 0.998. The van der Waals surface area contributed by atoms with Gasteiger partial charge in [-0.25, -0.2) is 8.42 Å². The van der Waals surface area contributed by atoms with E-state index in [9.17, 15) is 21.6 Å². The average Bonchev–Trinajstić information content (AvgIpc) is 3.25. The minimum atomic E-state index is -4.67. The number of thiophene rings is 1. The third-order valence-corrected chi connectivity index (χ3v) is 6.51. The largest absolute Gasteiger partial charge is 0.452 e. The van der Waals surface area contributed by atoms with Crippen LogP contribution in [0.25, 0.3) is 10.6 Å². The highest BCUT2D eigenvalue weighted by molar-refractivity contribution is 7.89. The van der Waals surface area contributed by atoms with Gasteiger partial charge in [-0.05, 0) is 13.0 Å². The van der Waals surface area contributed by atoms with Crippen LogP contribution in [0.3, 0.4) is 0 Å². The Balaban J connectivity index is 1.91. The molecule has 0 aliphatic carbocycles. The number of hydrogen-bond donors (Lipinski definition) is 0. The second-order valence-corrected chi connectivity index (χ2v) is 8.48. The molecule has 0 aliphatic heterocycles. The van der Waals surface area contributed by atoms with Crippen LogP contribution in [0, 0.1) is 6.92 Å². The van der Waals surface area contributed by atoms with E-state index >= 15 is 0 Å². The Morgan fingerprint density at radius 1 is 1.27 bits per heavy atom. The molecule has 0 aliphatic rings. The fourth-order valence-electron chi connectivity index (χ4n) is 2.09. The average molecular weight is 408 g/mol. The number of hydrogen-bond acceptors (Lipinski definition) is 8. The lowest BCUT2D eigenvalue weighted by Crippen LogP contribution is -2.27. The predicted molar refractivity (Wildman–Crippen MR) is 82.5 cm³/mol. The molecular weight excluding hydrogens is 397 g/mol. The summed E-state index contributed by atoms with van der Waals surface area (Å²) in [6.07, 6.45) is -3.59. The van der Waals surface area contributed by atoms with Crippen molar-refractivity contribution in [3.8, 4) is 10.6 Å². The molecule has 0 saturated carbocycles. The normalized spacial score (nSPS) is 12.8. The molecule has 26 heavy (non-hydrogen) atoms. The van der Waals surface area contributed by atoms with Gasteiger partial charge in [0.15, 0.2) is 5.82 Å². The van der Waals surface area contributed by atoms with Gasteiger partial charge < -0.3 is 9.05 Å². The lowest BCUT2D eigenvalue weighted by molar-refractivity contribution is -0.155. The zero-order valence-corrected chi connectivity index (χ0v) is 14.9. The third kappa shape index (κ3) is 3.50. The van der Waals surface area contributed by atoms with Crippen LogP contribution >= 0.6 is 11.3 Å². The minimum Gasteiger partial charge on any atom is -0.351 e. The zero-order valence-electron chi connectivity index (χ0n) is 13.3. The fourth-order valence-corrected chi connectivity index (χ4v) is 4.72. The summed E-state index contributed by atoms with van der Waals surface area (Å²) in [5.41, 5.74) is -0.0901. The first kappa shape index (κ1) is 18.5. The maximum absolute atomic E-state index is 12.7. The highest BCUT2D eigenvalue weighted by atomic mass is 32.2. The van der Waals surface area contributed by atoms with Crippen molar-refractivity contribution in [2.75, 3.05) is 7.05 Å². The van der Waals surface area contributed by atoms with Crippen molar-refractivity contribution in [2.45, 2.75) is 24.5 Å². The van der Waals surface area contributed by atoms with E-state index in [0.29, 0.717) is 4.88 Å². The quantitative estimate of drug-likeness (QED) is 0.639. The lowest BCUT2D eigenvalue weighted by atomic mass is 10.3. The first-order chi connectivity index (χ1) is 12.1. The molecule has 0 aromatic carbocycles. The minimum absolute atomic E-state index is 0.0416.